The van der Waals surface area contributed by atoms with Crippen molar-refractivity contribution in [3.05, 3.63) is 40.9 Å². The summed E-state index contributed by atoms with van der Waals surface area (Å²) in [5.74, 6) is -0.484. The summed E-state index contributed by atoms with van der Waals surface area (Å²) in [7, 11) is 0. The van der Waals surface area contributed by atoms with Crippen LogP contribution in [-0.4, -0.2) is 22.5 Å². The van der Waals surface area contributed by atoms with E-state index in [4.69, 9.17) is 5.11 Å². The molecule has 0 atom stereocenters. The Morgan fingerprint density at radius 3 is 2.31 bits per heavy atom. The predicted octanol–water partition coefficient (Wildman–Crippen LogP) is 0.889. The van der Waals surface area contributed by atoms with Gasteiger partial charge in [0.15, 0.2) is 12.1 Å². The number of ketones is 1. The van der Waals surface area contributed by atoms with Gasteiger partial charge in [0, 0.05) is 39.4 Å². The number of pyridine rings is 1. The van der Waals surface area contributed by atoms with Gasteiger partial charge in [-0.3, -0.25) is 9.59 Å². The number of carbonyl (C=O) groups is 1. The SMILES string of the molecule is F[C-](F)F.O=C(CO)c1cc(=O)cc[nH]1.[W]. The summed E-state index contributed by atoms with van der Waals surface area (Å²) in [6, 6.07) is 2.45. The molecule has 90 valence electrons. The Labute approximate surface area is 103 Å². The van der Waals surface area contributed by atoms with Crippen molar-refractivity contribution in [2.75, 3.05) is 6.61 Å². The molecule has 2 N–H and O–H groups in total. The van der Waals surface area contributed by atoms with E-state index in [2.05, 4.69) is 4.98 Å². The van der Waals surface area contributed by atoms with Crippen LogP contribution in [0.15, 0.2) is 23.1 Å². The molecular weight excluding hydrogens is 399 g/mol. The molecule has 0 aromatic carbocycles. The second-order valence-corrected chi connectivity index (χ2v) is 2.23. The van der Waals surface area contributed by atoms with Crippen LogP contribution < -0.4 is 5.43 Å². The summed E-state index contributed by atoms with van der Waals surface area (Å²) in [5.41, 5.74) is -0.111. The fourth-order valence-corrected chi connectivity index (χ4v) is 0.692. The van der Waals surface area contributed by atoms with Gasteiger partial charge in [-0.25, -0.2) is 0 Å². The van der Waals surface area contributed by atoms with Crippen LogP contribution in [0.3, 0.4) is 0 Å². The van der Waals surface area contributed by atoms with Crippen molar-refractivity contribution < 1.29 is 44.1 Å². The van der Waals surface area contributed by atoms with Gasteiger partial charge < -0.3 is 23.3 Å². The van der Waals surface area contributed by atoms with Crippen LogP contribution >= 0.6 is 0 Å². The summed E-state index contributed by atoms with van der Waals surface area (Å²) in [6.07, 6.45) is 1.37. The van der Waals surface area contributed by atoms with Gasteiger partial charge in [0.2, 0.25) is 5.78 Å². The average Bonchev–Trinajstić information content (AvgIpc) is 2.16. The molecule has 0 spiro atoms. The molecule has 0 aliphatic rings. The van der Waals surface area contributed by atoms with Crippen molar-refractivity contribution >= 4 is 5.78 Å². The van der Waals surface area contributed by atoms with Gasteiger partial charge in [0.25, 0.3) is 0 Å². The first kappa shape index (κ1) is 17.5. The first-order valence-corrected chi connectivity index (χ1v) is 3.63. The minimum Gasteiger partial charge on any atom is -0.388 e. The molecular formula is C8H7F3NO3W-. The Bertz CT molecular complexity index is 367. The maximum absolute atomic E-state index is 10.7. The van der Waals surface area contributed by atoms with Gasteiger partial charge >= 0.3 is 0 Å². The van der Waals surface area contributed by atoms with Gasteiger partial charge in [0.05, 0.1) is 5.69 Å². The molecule has 0 aliphatic heterocycles. The summed E-state index contributed by atoms with van der Waals surface area (Å²) in [6.45, 7) is -3.67. The molecule has 4 nitrogen and oxygen atoms in total. The third kappa shape index (κ3) is 8.37. The van der Waals surface area contributed by atoms with E-state index in [1.807, 2.05) is 0 Å². The van der Waals surface area contributed by atoms with E-state index in [0.29, 0.717) is 0 Å². The normalized spacial score (nSPS) is 8.81. The van der Waals surface area contributed by atoms with Crippen LogP contribution in [0.25, 0.3) is 0 Å². The molecule has 16 heavy (non-hydrogen) atoms. The van der Waals surface area contributed by atoms with Gasteiger partial charge in [-0.2, -0.15) is 0 Å². The molecule has 0 amide bonds. The van der Waals surface area contributed by atoms with Crippen LogP contribution in [0.4, 0.5) is 13.2 Å². The Morgan fingerprint density at radius 2 is 1.94 bits per heavy atom. The second kappa shape index (κ2) is 9.30. The van der Waals surface area contributed by atoms with E-state index in [1.54, 1.807) is 0 Å². The number of Topliss-reactive ketones (excluding diaryl/α,β-unsaturated/α-hetero) is 1. The molecule has 0 bridgehead atoms. The van der Waals surface area contributed by atoms with E-state index < -0.39 is 19.1 Å². The Kier molecular flexibility index (Phi) is 10.1. The van der Waals surface area contributed by atoms with Crippen molar-refractivity contribution in [3.8, 4) is 0 Å². The summed E-state index contributed by atoms with van der Waals surface area (Å²) in [5, 5.41) is 8.41. The Balaban J connectivity index is 0. The van der Waals surface area contributed by atoms with E-state index in [1.165, 1.54) is 12.3 Å². The fraction of sp³-hybridized carbons (Fsp3) is 0.125. The van der Waals surface area contributed by atoms with Crippen molar-refractivity contribution in [2.45, 2.75) is 0 Å². The molecule has 0 saturated carbocycles. The third-order valence-corrected chi connectivity index (χ3v) is 1.22. The zero-order valence-electron chi connectivity index (χ0n) is 7.75. The number of hydrogen-bond donors (Lipinski definition) is 2. The topological polar surface area (TPSA) is 70.2 Å². The van der Waals surface area contributed by atoms with Crippen LogP contribution in [-0.2, 0) is 21.1 Å². The smallest absolute Gasteiger partial charge is 0.204 e. The van der Waals surface area contributed by atoms with E-state index >= 15 is 0 Å². The number of H-pyrrole nitrogens is 1. The maximum atomic E-state index is 10.7. The van der Waals surface area contributed by atoms with Crippen LogP contribution in [0, 0.1) is 6.68 Å². The van der Waals surface area contributed by atoms with E-state index in [-0.39, 0.29) is 32.2 Å². The maximum Gasteiger partial charge on any atom is 0.204 e. The first-order valence-electron chi connectivity index (χ1n) is 3.63. The molecule has 1 aromatic heterocycles. The molecule has 0 aliphatic carbocycles. The van der Waals surface area contributed by atoms with Crippen molar-refractivity contribution in [1.29, 1.82) is 0 Å². The van der Waals surface area contributed by atoms with Gasteiger partial charge in [-0.05, 0) is 0 Å². The molecule has 1 aromatic rings. The van der Waals surface area contributed by atoms with Gasteiger partial charge in [-0.15, -0.1) is 0 Å². The summed E-state index contributed by atoms with van der Waals surface area (Å²) < 4.78 is 28.8. The van der Waals surface area contributed by atoms with E-state index in [0.717, 1.165) is 6.07 Å². The number of carbonyl (C=O) groups excluding carboxylic acids is 1. The Morgan fingerprint density at radius 1 is 1.44 bits per heavy atom. The number of hydrogen-bond acceptors (Lipinski definition) is 3. The van der Waals surface area contributed by atoms with Crippen LogP contribution in [0.1, 0.15) is 10.5 Å². The zero-order chi connectivity index (χ0) is 11.8. The molecule has 1 heterocycles. The number of aliphatic hydroxyl groups is 1. The van der Waals surface area contributed by atoms with Crippen molar-refractivity contribution in [1.82, 2.24) is 4.98 Å². The van der Waals surface area contributed by atoms with Crippen LogP contribution in [0.2, 0.25) is 0 Å². The fourth-order valence-electron chi connectivity index (χ4n) is 0.692. The predicted molar refractivity (Wildman–Crippen MR) is 45.0 cm³/mol. The van der Waals surface area contributed by atoms with Gasteiger partial charge in [0.1, 0.15) is 6.61 Å². The number of aliphatic hydroxyl groups excluding tert-OH is 1. The van der Waals surface area contributed by atoms with Gasteiger partial charge in [-0.1, -0.05) is 0 Å². The molecule has 0 radical (unpaired) electrons. The van der Waals surface area contributed by atoms with Crippen LogP contribution in [0.5, 0.6) is 0 Å². The molecule has 1 rings (SSSR count). The average molecular weight is 406 g/mol. The number of halogens is 3. The zero-order valence-corrected chi connectivity index (χ0v) is 10.7. The number of aromatic amines is 1. The molecule has 8 heteroatoms. The molecule has 0 fully saturated rings. The quantitative estimate of drug-likeness (QED) is 0.567. The summed E-state index contributed by atoms with van der Waals surface area (Å²) >= 11 is 0. The standard InChI is InChI=1S/C7H7NO3.CF3.W/c9-4-7(11)6-3-5(10)1-2-8-6;2-1(3)4;/h1-3,9H,4H2,(H,8,10);;/q;-1;. The van der Waals surface area contributed by atoms with E-state index in [9.17, 15) is 22.8 Å². The minimum atomic E-state index is -3.08. The monoisotopic (exact) mass is 406 g/mol. The Hall–Kier alpha value is -0.942. The first-order chi connectivity index (χ1) is 6.97. The molecule has 0 saturated heterocycles. The number of rotatable bonds is 2. The largest absolute Gasteiger partial charge is 0.388 e. The third-order valence-electron chi connectivity index (χ3n) is 1.22. The second-order valence-electron chi connectivity index (χ2n) is 2.23. The number of aromatic nitrogens is 1. The van der Waals surface area contributed by atoms with Crippen molar-refractivity contribution in [3.63, 3.8) is 0 Å². The molecule has 0 unspecified atom stereocenters. The minimum absolute atomic E-state index is 0. The van der Waals surface area contributed by atoms with Crippen molar-refractivity contribution in [2.24, 2.45) is 0 Å². The summed E-state index contributed by atoms with van der Waals surface area (Å²) in [4.78, 5) is 24.0. The number of nitrogens with one attached hydrogen (secondary N) is 1.